The number of aliphatic hydroxyl groups is 1. The van der Waals surface area contributed by atoms with Crippen LogP contribution < -0.4 is 0 Å². The third-order valence-electron chi connectivity index (χ3n) is 4.23. The molecule has 0 aromatic heterocycles. The normalized spacial score (nSPS) is 21.9. The zero-order valence-corrected chi connectivity index (χ0v) is 12.6. The lowest BCUT2D eigenvalue weighted by Crippen LogP contribution is -2.48. The van der Waals surface area contributed by atoms with Gasteiger partial charge in [-0.15, -0.1) is 0 Å². The van der Waals surface area contributed by atoms with Crippen LogP contribution in [0.4, 0.5) is 8.78 Å². The zero-order valence-electron chi connectivity index (χ0n) is 12.6. The van der Waals surface area contributed by atoms with Gasteiger partial charge in [-0.3, -0.25) is 4.79 Å². The molecule has 0 unspecified atom stereocenters. The van der Waals surface area contributed by atoms with Crippen molar-refractivity contribution in [3.8, 4) is 0 Å². The molecular formula is C16H21F2NO3. The second kappa shape index (κ2) is 7.15. The lowest BCUT2D eigenvalue weighted by Gasteiger charge is -2.41. The number of benzene rings is 1. The first kappa shape index (κ1) is 16.8. The third-order valence-corrected chi connectivity index (χ3v) is 4.23. The number of hydrogen-bond donors (Lipinski definition) is 1. The molecule has 1 aromatic carbocycles. The molecule has 1 aliphatic rings. The van der Waals surface area contributed by atoms with Crippen LogP contribution in [0.25, 0.3) is 0 Å². The molecule has 1 saturated heterocycles. The molecule has 1 N–H and O–H groups in total. The number of carbonyl (C=O) groups excluding carboxylic acids is 1. The molecular weight excluding hydrogens is 292 g/mol. The summed E-state index contributed by atoms with van der Waals surface area (Å²) >= 11 is 0. The minimum Gasteiger partial charge on any atom is -0.396 e. The third kappa shape index (κ3) is 3.81. The Hall–Kier alpha value is -1.53. The number of methoxy groups -OCH3 is 1. The molecule has 1 fully saturated rings. The number of ether oxygens (including phenoxy) is 1. The Kier molecular flexibility index (Phi) is 5.47. The van der Waals surface area contributed by atoms with Crippen molar-refractivity contribution in [3.05, 3.63) is 35.4 Å². The molecule has 122 valence electrons. The van der Waals surface area contributed by atoms with E-state index in [1.165, 1.54) is 0 Å². The fraction of sp³-hybridized carbons (Fsp3) is 0.562. The summed E-state index contributed by atoms with van der Waals surface area (Å²) in [7, 11) is 1.59. The van der Waals surface area contributed by atoms with Gasteiger partial charge in [-0.1, -0.05) is 0 Å². The van der Waals surface area contributed by atoms with E-state index in [1.54, 1.807) is 12.0 Å². The summed E-state index contributed by atoms with van der Waals surface area (Å²) < 4.78 is 31.6. The Morgan fingerprint density at radius 3 is 2.64 bits per heavy atom. The fourth-order valence-corrected chi connectivity index (χ4v) is 2.97. The van der Waals surface area contributed by atoms with Crippen molar-refractivity contribution in [3.63, 3.8) is 0 Å². The van der Waals surface area contributed by atoms with Crippen LogP contribution >= 0.6 is 0 Å². The average Bonchev–Trinajstić information content (AvgIpc) is 2.51. The summed E-state index contributed by atoms with van der Waals surface area (Å²) in [6.45, 7) is 1.34. The quantitative estimate of drug-likeness (QED) is 0.907. The number of rotatable bonds is 5. The van der Waals surface area contributed by atoms with Crippen molar-refractivity contribution in [1.29, 1.82) is 0 Å². The van der Waals surface area contributed by atoms with Gasteiger partial charge in [0, 0.05) is 43.9 Å². The number of hydrogen-bond acceptors (Lipinski definition) is 3. The maximum atomic E-state index is 13.3. The van der Waals surface area contributed by atoms with E-state index in [9.17, 15) is 18.7 Å². The largest absolute Gasteiger partial charge is 0.396 e. The first-order valence-corrected chi connectivity index (χ1v) is 7.35. The van der Waals surface area contributed by atoms with Crippen molar-refractivity contribution in [1.82, 2.24) is 4.90 Å². The second-order valence-electron chi connectivity index (χ2n) is 5.89. The molecule has 0 spiro atoms. The van der Waals surface area contributed by atoms with Gasteiger partial charge in [0.2, 0.25) is 0 Å². The summed E-state index contributed by atoms with van der Waals surface area (Å²) in [6.07, 6.45) is 2.18. The lowest BCUT2D eigenvalue weighted by atomic mass is 9.78. The van der Waals surface area contributed by atoms with Crippen LogP contribution in [-0.2, 0) is 4.74 Å². The van der Waals surface area contributed by atoms with Gasteiger partial charge in [0.05, 0.1) is 6.61 Å². The van der Waals surface area contributed by atoms with Gasteiger partial charge in [-0.2, -0.15) is 0 Å². The van der Waals surface area contributed by atoms with Crippen molar-refractivity contribution in [2.24, 2.45) is 5.41 Å². The summed E-state index contributed by atoms with van der Waals surface area (Å²) in [4.78, 5) is 14.0. The topological polar surface area (TPSA) is 49.8 Å². The van der Waals surface area contributed by atoms with Crippen LogP contribution in [0.1, 0.15) is 29.6 Å². The number of carbonyl (C=O) groups is 1. The predicted molar refractivity (Wildman–Crippen MR) is 77.5 cm³/mol. The molecule has 0 radical (unpaired) electrons. The molecule has 0 aliphatic carbocycles. The van der Waals surface area contributed by atoms with Crippen molar-refractivity contribution >= 4 is 5.91 Å². The molecule has 1 amide bonds. The highest BCUT2D eigenvalue weighted by molar-refractivity contribution is 5.94. The molecule has 22 heavy (non-hydrogen) atoms. The van der Waals surface area contributed by atoms with Gasteiger partial charge in [0.25, 0.3) is 5.91 Å². The van der Waals surface area contributed by atoms with Gasteiger partial charge in [0.1, 0.15) is 11.6 Å². The second-order valence-corrected chi connectivity index (χ2v) is 5.89. The van der Waals surface area contributed by atoms with E-state index in [4.69, 9.17) is 4.74 Å². The highest BCUT2D eigenvalue weighted by Crippen LogP contribution is 2.33. The summed E-state index contributed by atoms with van der Waals surface area (Å²) in [5.74, 6) is -1.95. The maximum Gasteiger partial charge on any atom is 0.254 e. The van der Waals surface area contributed by atoms with E-state index in [2.05, 4.69) is 0 Å². The highest BCUT2D eigenvalue weighted by Gasteiger charge is 2.36. The van der Waals surface area contributed by atoms with Gasteiger partial charge in [0.15, 0.2) is 0 Å². The lowest BCUT2D eigenvalue weighted by molar-refractivity contribution is 0.00895. The summed E-state index contributed by atoms with van der Waals surface area (Å²) in [6, 6.07) is 2.81. The van der Waals surface area contributed by atoms with E-state index in [0.717, 1.165) is 31.0 Å². The van der Waals surface area contributed by atoms with Gasteiger partial charge in [-0.25, -0.2) is 8.78 Å². The van der Waals surface area contributed by atoms with E-state index >= 15 is 0 Å². The molecule has 1 atom stereocenters. The smallest absolute Gasteiger partial charge is 0.254 e. The Balaban J connectivity index is 2.15. The molecule has 0 saturated carbocycles. The number of aliphatic hydroxyl groups excluding tert-OH is 1. The van der Waals surface area contributed by atoms with E-state index in [0.29, 0.717) is 26.1 Å². The number of likely N-dealkylation sites (tertiary alicyclic amines) is 1. The van der Waals surface area contributed by atoms with Crippen LogP contribution in [0, 0.1) is 17.0 Å². The van der Waals surface area contributed by atoms with Crippen LogP contribution in [0.2, 0.25) is 0 Å². The Bertz CT molecular complexity index is 518. The van der Waals surface area contributed by atoms with Crippen molar-refractivity contribution in [2.75, 3.05) is 33.4 Å². The fourth-order valence-electron chi connectivity index (χ4n) is 2.97. The molecule has 6 heteroatoms. The van der Waals surface area contributed by atoms with E-state index in [-0.39, 0.29) is 12.2 Å². The Morgan fingerprint density at radius 2 is 2.05 bits per heavy atom. The molecule has 0 bridgehead atoms. The Morgan fingerprint density at radius 1 is 1.36 bits per heavy atom. The van der Waals surface area contributed by atoms with Gasteiger partial charge < -0.3 is 14.7 Å². The number of nitrogens with zero attached hydrogens (tertiary/aromatic N) is 1. The first-order chi connectivity index (χ1) is 10.5. The SMILES string of the molecule is COCC[C@@]1(CO)CCCN(C(=O)c2cc(F)cc(F)c2)C1. The van der Waals surface area contributed by atoms with Gasteiger partial charge >= 0.3 is 0 Å². The first-order valence-electron chi connectivity index (χ1n) is 7.35. The predicted octanol–water partition coefficient (Wildman–Crippen LogP) is 2.22. The van der Waals surface area contributed by atoms with Crippen LogP contribution in [0.5, 0.6) is 0 Å². The Labute approximate surface area is 128 Å². The van der Waals surface area contributed by atoms with Crippen molar-refractivity contribution < 1.29 is 23.4 Å². The molecule has 4 nitrogen and oxygen atoms in total. The highest BCUT2D eigenvalue weighted by atomic mass is 19.1. The number of amides is 1. The molecule has 1 aliphatic heterocycles. The van der Waals surface area contributed by atoms with E-state index in [1.807, 2.05) is 0 Å². The number of piperidine rings is 1. The molecule has 1 aromatic rings. The summed E-state index contributed by atoms with van der Waals surface area (Å²) in [5.41, 5.74) is -0.409. The van der Waals surface area contributed by atoms with Crippen LogP contribution in [-0.4, -0.2) is 49.3 Å². The molecule has 2 rings (SSSR count). The average molecular weight is 313 g/mol. The minimum atomic E-state index is -0.770. The van der Waals surface area contributed by atoms with E-state index < -0.39 is 23.0 Å². The van der Waals surface area contributed by atoms with Gasteiger partial charge in [-0.05, 0) is 31.4 Å². The molecule has 1 heterocycles. The minimum absolute atomic E-state index is 0.00187. The summed E-state index contributed by atoms with van der Waals surface area (Å²) in [5, 5.41) is 9.71. The standard InChI is InChI=1S/C16H21F2NO3/c1-22-6-4-16(11-20)3-2-5-19(10-16)15(21)12-7-13(17)9-14(18)8-12/h7-9,20H,2-6,10-11H2,1H3/t16-/m0/s1. The van der Waals surface area contributed by atoms with Crippen LogP contribution in [0.3, 0.4) is 0 Å². The van der Waals surface area contributed by atoms with Crippen molar-refractivity contribution in [2.45, 2.75) is 19.3 Å². The maximum absolute atomic E-state index is 13.3. The van der Waals surface area contributed by atoms with Crippen LogP contribution in [0.15, 0.2) is 18.2 Å². The zero-order chi connectivity index (χ0) is 16.2. The number of halogens is 2. The monoisotopic (exact) mass is 313 g/mol.